The molecule has 2 N–H and O–H groups in total. The van der Waals surface area contributed by atoms with E-state index in [2.05, 4.69) is 5.32 Å². The van der Waals surface area contributed by atoms with Gasteiger partial charge in [0.05, 0.1) is 5.60 Å². The summed E-state index contributed by atoms with van der Waals surface area (Å²) in [4.78, 5) is 11.9. The summed E-state index contributed by atoms with van der Waals surface area (Å²) >= 11 is 1.56. The van der Waals surface area contributed by atoms with Crippen molar-refractivity contribution >= 4 is 17.7 Å². The van der Waals surface area contributed by atoms with Gasteiger partial charge in [-0.05, 0) is 31.7 Å². The van der Waals surface area contributed by atoms with Crippen molar-refractivity contribution in [1.82, 2.24) is 5.32 Å². The quantitative estimate of drug-likeness (QED) is 0.842. The van der Waals surface area contributed by atoms with Gasteiger partial charge in [-0.25, -0.2) is 0 Å². The third-order valence-corrected chi connectivity index (χ3v) is 3.39. The van der Waals surface area contributed by atoms with Gasteiger partial charge in [0.15, 0.2) is 0 Å². The summed E-state index contributed by atoms with van der Waals surface area (Å²) in [7, 11) is 0. The second-order valence-corrected chi connectivity index (χ2v) is 5.29. The van der Waals surface area contributed by atoms with E-state index in [-0.39, 0.29) is 12.5 Å². The highest BCUT2D eigenvalue weighted by Gasteiger charge is 2.21. The Morgan fingerprint density at radius 2 is 2.12 bits per heavy atom. The van der Waals surface area contributed by atoms with Gasteiger partial charge in [-0.1, -0.05) is 18.2 Å². The van der Waals surface area contributed by atoms with Crippen molar-refractivity contribution in [3.8, 4) is 0 Å². The van der Waals surface area contributed by atoms with Gasteiger partial charge in [-0.3, -0.25) is 4.79 Å². The Labute approximate surface area is 107 Å². The van der Waals surface area contributed by atoms with E-state index in [1.54, 1.807) is 24.8 Å². The lowest BCUT2D eigenvalue weighted by Crippen LogP contribution is -2.42. The molecule has 0 saturated carbocycles. The molecule has 0 aliphatic heterocycles. The fourth-order valence-corrected chi connectivity index (χ4v) is 2.28. The zero-order valence-corrected chi connectivity index (χ0v) is 11.3. The number of amides is 1. The molecule has 3 nitrogen and oxygen atoms in total. The first-order chi connectivity index (χ1) is 7.96. The van der Waals surface area contributed by atoms with E-state index < -0.39 is 5.60 Å². The third kappa shape index (κ3) is 4.40. The van der Waals surface area contributed by atoms with Gasteiger partial charge in [-0.2, -0.15) is 11.8 Å². The first-order valence-electron chi connectivity index (χ1n) is 5.51. The summed E-state index contributed by atoms with van der Waals surface area (Å²) < 4.78 is 0. The number of hydrogen-bond acceptors (Lipinski definition) is 3. The number of benzene rings is 1. The molecule has 17 heavy (non-hydrogen) atoms. The van der Waals surface area contributed by atoms with E-state index in [4.69, 9.17) is 0 Å². The van der Waals surface area contributed by atoms with Crippen molar-refractivity contribution in [2.24, 2.45) is 0 Å². The van der Waals surface area contributed by atoms with E-state index in [0.717, 1.165) is 5.56 Å². The van der Waals surface area contributed by atoms with Gasteiger partial charge in [0.25, 0.3) is 5.91 Å². The fraction of sp³-hybridized carbons (Fsp3) is 0.462. The zero-order valence-electron chi connectivity index (χ0n) is 10.5. The molecule has 0 bridgehead atoms. The zero-order chi connectivity index (χ0) is 12.9. The van der Waals surface area contributed by atoms with Crippen LogP contribution in [-0.2, 0) is 0 Å². The molecular formula is C13H19NO2S. The van der Waals surface area contributed by atoms with Gasteiger partial charge in [0.1, 0.15) is 0 Å². The van der Waals surface area contributed by atoms with Crippen molar-refractivity contribution in [1.29, 1.82) is 0 Å². The average Bonchev–Trinajstić information content (AvgIpc) is 2.27. The minimum absolute atomic E-state index is 0.135. The van der Waals surface area contributed by atoms with Crippen LogP contribution in [0.25, 0.3) is 0 Å². The number of carbonyl (C=O) groups excluding carboxylic acids is 1. The Balaban J connectivity index is 2.59. The first kappa shape index (κ1) is 14.1. The predicted molar refractivity (Wildman–Crippen MR) is 72.5 cm³/mol. The van der Waals surface area contributed by atoms with Crippen LogP contribution in [0.2, 0.25) is 0 Å². The maximum Gasteiger partial charge on any atom is 0.251 e. The van der Waals surface area contributed by atoms with Crippen LogP contribution in [0.4, 0.5) is 0 Å². The van der Waals surface area contributed by atoms with Crippen molar-refractivity contribution in [2.45, 2.75) is 19.4 Å². The topological polar surface area (TPSA) is 49.3 Å². The summed E-state index contributed by atoms with van der Waals surface area (Å²) in [5, 5.41) is 12.7. The normalized spacial score (nSPS) is 14.1. The smallest absolute Gasteiger partial charge is 0.251 e. The molecule has 0 saturated heterocycles. The molecule has 1 atom stereocenters. The predicted octanol–water partition coefficient (Wildman–Crippen LogP) is 1.84. The van der Waals surface area contributed by atoms with Gasteiger partial charge in [-0.15, -0.1) is 0 Å². The molecule has 1 amide bonds. The molecule has 0 fully saturated rings. The molecule has 1 aromatic carbocycles. The lowest BCUT2D eigenvalue weighted by molar-refractivity contribution is 0.0724. The van der Waals surface area contributed by atoms with Crippen molar-refractivity contribution in [3.63, 3.8) is 0 Å². The summed E-state index contributed by atoms with van der Waals surface area (Å²) in [5.74, 6) is 0.464. The molecule has 1 unspecified atom stereocenters. The Kier molecular flexibility index (Phi) is 5.02. The molecule has 0 aromatic heterocycles. The summed E-state index contributed by atoms with van der Waals surface area (Å²) in [6.45, 7) is 3.89. The van der Waals surface area contributed by atoms with E-state index in [1.807, 2.05) is 31.4 Å². The van der Waals surface area contributed by atoms with E-state index >= 15 is 0 Å². The Morgan fingerprint density at radius 1 is 1.47 bits per heavy atom. The third-order valence-electron chi connectivity index (χ3n) is 2.47. The molecule has 0 aliphatic carbocycles. The van der Waals surface area contributed by atoms with Crippen LogP contribution in [0, 0.1) is 6.92 Å². The van der Waals surface area contributed by atoms with Crippen molar-refractivity contribution in [3.05, 3.63) is 35.4 Å². The number of rotatable bonds is 5. The van der Waals surface area contributed by atoms with Crippen molar-refractivity contribution in [2.75, 3.05) is 18.6 Å². The Hall–Kier alpha value is -1.00. The van der Waals surface area contributed by atoms with Crippen LogP contribution in [-0.4, -0.2) is 35.2 Å². The number of hydrogen-bond donors (Lipinski definition) is 2. The lowest BCUT2D eigenvalue weighted by atomic mass is 10.1. The van der Waals surface area contributed by atoms with Crippen LogP contribution < -0.4 is 5.32 Å². The molecule has 94 valence electrons. The van der Waals surface area contributed by atoms with Crippen molar-refractivity contribution < 1.29 is 9.90 Å². The minimum atomic E-state index is -0.863. The van der Waals surface area contributed by atoms with E-state index in [9.17, 15) is 9.90 Å². The fourth-order valence-electron chi connectivity index (χ4n) is 1.56. The average molecular weight is 253 g/mol. The second kappa shape index (κ2) is 6.07. The molecule has 0 aliphatic rings. The molecule has 0 radical (unpaired) electrons. The van der Waals surface area contributed by atoms with Crippen LogP contribution >= 0.6 is 11.8 Å². The highest BCUT2D eigenvalue weighted by Crippen LogP contribution is 2.10. The number of aryl methyl sites for hydroxylation is 1. The highest BCUT2D eigenvalue weighted by atomic mass is 32.2. The molecule has 4 heteroatoms. The number of aliphatic hydroxyl groups is 1. The molecule has 0 heterocycles. The molecular weight excluding hydrogens is 234 g/mol. The Bertz CT molecular complexity index is 391. The SMILES string of the molecule is CSCC(C)(O)CNC(=O)c1ccccc1C. The Morgan fingerprint density at radius 3 is 2.71 bits per heavy atom. The monoisotopic (exact) mass is 253 g/mol. The maximum atomic E-state index is 11.9. The second-order valence-electron chi connectivity index (χ2n) is 4.43. The molecule has 0 spiro atoms. The van der Waals surface area contributed by atoms with Gasteiger partial charge < -0.3 is 10.4 Å². The standard InChI is InChI=1S/C13H19NO2S/c1-10-6-4-5-7-11(10)12(15)14-8-13(2,16)9-17-3/h4-7,16H,8-9H2,1-3H3,(H,14,15). The minimum Gasteiger partial charge on any atom is -0.387 e. The molecule has 1 aromatic rings. The largest absolute Gasteiger partial charge is 0.387 e. The van der Waals surface area contributed by atoms with Gasteiger partial charge in [0.2, 0.25) is 0 Å². The van der Waals surface area contributed by atoms with Crippen LogP contribution in [0.1, 0.15) is 22.8 Å². The van der Waals surface area contributed by atoms with Crippen LogP contribution in [0.5, 0.6) is 0 Å². The number of thioether (sulfide) groups is 1. The van der Waals surface area contributed by atoms with Crippen LogP contribution in [0.3, 0.4) is 0 Å². The highest BCUT2D eigenvalue weighted by molar-refractivity contribution is 7.98. The van der Waals surface area contributed by atoms with Gasteiger partial charge in [0, 0.05) is 17.9 Å². The first-order valence-corrected chi connectivity index (χ1v) is 6.91. The number of carbonyl (C=O) groups is 1. The number of nitrogens with one attached hydrogen (secondary N) is 1. The van der Waals surface area contributed by atoms with Gasteiger partial charge >= 0.3 is 0 Å². The summed E-state index contributed by atoms with van der Waals surface area (Å²) in [5.41, 5.74) is 0.736. The summed E-state index contributed by atoms with van der Waals surface area (Å²) in [6.07, 6.45) is 1.93. The summed E-state index contributed by atoms with van der Waals surface area (Å²) in [6, 6.07) is 7.42. The van der Waals surface area contributed by atoms with E-state index in [1.165, 1.54) is 0 Å². The van der Waals surface area contributed by atoms with Crippen LogP contribution in [0.15, 0.2) is 24.3 Å². The molecule has 1 rings (SSSR count). The lowest BCUT2D eigenvalue weighted by Gasteiger charge is -2.22. The van der Waals surface area contributed by atoms with E-state index in [0.29, 0.717) is 11.3 Å². The maximum absolute atomic E-state index is 11.9.